The Hall–Kier alpha value is -10.4. The van der Waals surface area contributed by atoms with Crippen LogP contribution < -0.4 is 9.80 Å². The molecule has 0 fully saturated rings. The summed E-state index contributed by atoms with van der Waals surface area (Å²) < 4.78 is 13.7. The van der Waals surface area contributed by atoms with Crippen molar-refractivity contribution in [1.82, 2.24) is 0 Å². The maximum atomic E-state index is 6.85. The minimum atomic E-state index is 0.825. The molecule has 0 radical (unpaired) electrons. The Labute approximate surface area is 451 Å². The van der Waals surface area contributed by atoms with Crippen molar-refractivity contribution in [2.24, 2.45) is 0 Å². The summed E-state index contributed by atoms with van der Waals surface area (Å²) in [5.41, 5.74) is 19.0. The molecular weight excluding hydrogens is 949 g/mol. The normalized spacial score (nSPS) is 11.6. The number of hydrogen-bond donors (Lipinski definition) is 0. The molecule has 0 unspecified atom stereocenters. The van der Waals surface area contributed by atoms with Crippen molar-refractivity contribution in [2.75, 3.05) is 9.80 Å². The van der Waals surface area contributed by atoms with Crippen LogP contribution in [0.25, 0.3) is 110 Å². The number of furan rings is 2. The van der Waals surface area contributed by atoms with E-state index in [2.05, 4.69) is 301 Å². The molecule has 0 amide bonds. The minimum absolute atomic E-state index is 0.825. The number of nitrogens with zero attached hydrogens (tertiary/aromatic N) is 2. The molecule has 15 rings (SSSR count). The van der Waals surface area contributed by atoms with Crippen molar-refractivity contribution >= 4 is 99.5 Å². The molecule has 4 heteroatoms. The lowest BCUT2D eigenvalue weighted by Crippen LogP contribution is -2.12. The van der Waals surface area contributed by atoms with Gasteiger partial charge in [0.1, 0.15) is 22.3 Å². The number of benzene rings is 13. The third-order valence-electron chi connectivity index (χ3n) is 15.4. The molecule has 2 heterocycles. The Morgan fingerprint density at radius 1 is 0.205 bits per heavy atom. The van der Waals surface area contributed by atoms with E-state index in [1.807, 2.05) is 0 Å². The number of anilines is 6. The van der Waals surface area contributed by atoms with E-state index in [0.717, 1.165) is 144 Å². The number of hydrogen-bond acceptors (Lipinski definition) is 4. The summed E-state index contributed by atoms with van der Waals surface area (Å²) >= 11 is 0. The van der Waals surface area contributed by atoms with Crippen molar-refractivity contribution in [3.8, 4) is 44.5 Å². The Kier molecular flexibility index (Phi) is 10.8. The van der Waals surface area contributed by atoms with Gasteiger partial charge in [0.2, 0.25) is 0 Å². The van der Waals surface area contributed by atoms with Gasteiger partial charge < -0.3 is 18.6 Å². The summed E-state index contributed by atoms with van der Waals surface area (Å²) in [6.07, 6.45) is 0. The van der Waals surface area contributed by atoms with Gasteiger partial charge in [-0.25, -0.2) is 0 Å². The number of para-hydroxylation sites is 4. The minimum Gasteiger partial charge on any atom is -0.456 e. The molecule has 0 bridgehead atoms. The van der Waals surface area contributed by atoms with Crippen LogP contribution in [-0.2, 0) is 0 Å². The maximum Gasteiger partial charge on any atom is 0.136 e. The smallest absolute Gasteiger partial charge is 0.136 e. The Morgan fingerprint density at radius 2 is 0.474 bits per heavy atom. The maximum absolute atomic E-state index is 6.85. The van der Waals surface area contributed by atoms with Crippen LogP contribution >= 0.6 is 0 Å². The van der Waals surface area contributed by atoms with E-state index in [9.17, 15) is 0 Å². The van der Waals surface area contributed by atoms with Crippen LogP contribution in [0.2, 0.25) is 0 Å². The molecule has 0 aliphatic heterocycles. The second kappa shape index (κ2) is 18.7. The van der Waals surface area contributed by atoms with E-state index in [4.69, 9.17) is 8.83 Å². The first-order chi connectivity index (χ1) is 38.7. The fourth-order valence-corrected chi connectivity index (χ4v) is 11.7. The predicted molar refractivity (Wildman–Crippen MR) is 327 cm³/mol. The largest absolute Gasteiger partial charge is 0.456 e. The van der Waals surface area contributed by atoms with E-state index >= 15 is 0 Å². The van der Waals surface area contributed by atoms with E-state index in [1.165, 1.54) is 0 Å². The molecule has 4 nitrogen and oxygen atoms in total. The Morgan fingerprint density at radius 3 is 0.795 bits per heavy atom. The summed E-state index contributed by atoms with van der Waals surface area (Å²) in [7, 11) is 0. The van der Waals surface area contributed by atoms with E-state index in [1.54, 1.807) is 0 Å². The van der Waals surface area contributed by atoms with Gasteiger partial charge in [-0.05, 0) is 129 Å². The van der Waals surface area contributed by atoms with Crippen LogP contribution in [0, 0.1) is 0 Å². The molecule has 0 N–H and O–H groups in total. The van der Waals surface area contributed by atoms with Gasteiger partial charge in [0.15, 0.2) is 0 Å². The zero-order chi connectivity index (χ0) is 51.5. The lowest BCUT2D eigenvalue weighted by molar-refractivity contribution is 0.664. The zero-order valence-electron chi connectivity index (χ0n) is 42.4. The average molecular weight is 997 g/mol. The van der Waals surface area contributed by atoms with Crippen LogP contribution in [0.15, 0.2) is 300 Å². The van der Waals surface area contributed by atoms with Crippen LogP contribution in [0.1, 0.15) is 0 Å². The molecule has 78 heavy (non-hydrogen) atoms. The lowest BCUT2D eigenvalue weighted by atomic mass is 9.98. The van der Waals surface area contributed by atoms with Gasteiger partial charge in [-0.1, -0.05) is 206 Å². The van der Waals surface area contributed by atoms with E-state index in [-0.39, 0.29) is 0 Å². The number of rotatable bonds is 10. The fraction of sp³-hybridized carbons (Fsp3) is 0. The SMILES string of the molecule is c1ccc(-c2ccccc2N(c2ccc3cc4c(cc3c2)oc2cc3c(cc24)oc2cc4cc(N(c5ccccc5-c5ccccc5)c5ccccc5-c5ccccc5)ccc4cc23)c2ccccc2-c2ccccc2)cc1. The fourth-order valence-electron chi connectivity index (χ4n) is 11.7. The first-order valence-corrected chi connectivity index (χ1v) is 26.6. The molecule has 0 aliphatic rings. The highest BCUT2D eigenvalue weighted by atomic mass is 16.3. The van der Waals surface area contributed by atoms with Gasteiger partial charge in [0.25, 0.3) is 0 Å². The summed E-state index contributed by atoms with van der Waals surface area (Å²) in [6.45, 7) is 0. The molecule has 0 aliphatic carbocycles. The van der Waals surface area contributed by atoms with Crippen LogP contribution in [-0.4, -0.2) is 0 Å². The molecule has 0 atom stereocenters. The molecule has 13 aromatic carbocycles. The molecule has 0 saturated heterocycles. The highest BCUT2D eigenvalue weighted by molar-refractivity contribution is 6.18. The Balaban J connectivity index is 0.842. The van der Waals surface area contributed by atoms with Crippen molar-refractivity contribution in [2.45, 2.75) is 0 Å². The van der Waals surface area contributed by atoms with Crippen molar-refractivity contribution < 1.29 is 8.83 Å². The van der Waals surface area contributed by atoms with Crippen LogP contribution in [0.5, 0.6) is 0 Å². The van der Waals surface area contributed by atoms with E-state index in [0.29, 0.717) is 0 Å². The highest BCUT2D eigenvalue weighted by Gasteiger charge is 2.24. The van der Waals surface area contributed by atoms with Gasteiger partial charge in [-0.2, -0.15) is 0 Å². The van der Waals surface area contributed by atoms with E-state index < -0.39 is 0 Å². The summed E-state index contributed by atoms with van der Waals surface area (Å²) in [5, 5.41) is 8.57. The molecular formula is C74H48N2O2. The van der Waals surface area contributed by atoms with Crippen molar-refractivity contribution in [3.63, 3.8) is 0 Å². The monoisotopic (exact) mass is 996 g/mol. The molecule has 15 aromatic rings. The van der Waals surface area contributed by atoms with Gasteiger partial charge in [-0.15, -0.1) is 0 Å². The standard InChI is InChI=1S/C74H48N2O2/c1-5-21-49(22-6-1)59-29-13-17-33-67(59)75(68-34-18-14-30-60(68)50-23-7-2-8-24-50)57-39-37-53-43-63-65-47-74-66(48-73(65)77-71(63)45-55(53)41-57)64-44-54-38-40-58(42-56(54)46-72(64)78-74)76(69-35-19-15-31-61(69)51-25-9-3-10-26-51)70-36-20-16-32-62(70)52-27-11-4-12-28-52/h1-48H. The summed E-state index contributed by atoms with van der Waals surface area (Å²) in [5.74, 6) is 0. The molecule has 0 spiro atoms. The quantitative estimate of drug-likeness (QED) is 0.137. The molecule has 0 saturated carbocycles. The van der Waals surface area contributed by atoms with Gasteiger partial charge >= 0.3 is 0 Å². The predicted octanol–water partition coefficient (Wildman–Crippen LogP) is 21.4. The second-order valence-electron chi connectivity index (χ2n) is 20.0. The third-order valence-corrected chi connectivity index (χ3v) is 15.4. The molecule has 2 aromatic heterocycles. The summed E-state index contributed by atoms with van der Waals surface area (Å²) in [4.78, 5) is 4.81. The Bertz CT molecular complexity index is 4270. The molecule has 366 valence electrons. The lowest BCUT2D eigenvalue weighted by Gasteiger charge is -2.30. The van der Waals surface area contributed by atoms with Crippen molar-refractivity contribution in [3.05, 3.63) is 291 Å². The van der Waals surface area contributed by atoms with Crippen molar-refractivity contribution in [1.29, 1.82) is 0 Å². The second-order valence-corrected chi connectivity index (χ2v) is 20.0. The number of fused-ring (bicyclic) bond motifs is 8. The highest BCUT2D eigenvalue weighted by Crippen LogP contribution is 2.48. The van der Waals surface area contributed by atoms with Gasteiger partial charge in [-0.3, -0.25) is 0 Å². The topological polar surface area (TPSA) is 32.8 Å². The van der Waals surface area contributed by atoms with Gasteiger partial charge in [0.05, 0.1) is 22.7 Å². The van der Waals surface area contributed by atoms with Crippen LogP contribution in [0.3, 0.4) is 0 Å². The van der Waals surface area contributed by atoms with Crippen LogP contribution in [0.4, 0.5) is 34.1 Å². The average Bonchev–Trinajstić information content (AvgIpc) is 4.26. The third kappa shape index (κ3) is 7.77. The first kappa shape index (κ1) is 45.0. The zero-order valence-corrected chi connectivity index (χ0v) is 42.4. The van der Waals surface area contributed by atoms with Gasteiger partial charge in [0, 0.05) is 55.2 Å². The summed E-state index contributed by atoms with van der Waals surface area (Å²) in [6, 6.07) is 104. The first-order valence-electron chi connectivity index (χ1n) is 26.6.